The molecule has 19 heavy (non-hydrogen) atoms. The smallest absolute Gasteiger partial charge is 0.436 e. The van der Waals surface area contributed by atoms with Gasteiger partial charge in [-0.25, -0.2) is 4.39 Å². The highest BCUT2D eigenvalue weighted by Crippen LogP contribution is 2.55. The number of alkyl halides is 7. The van der Waals surface area contributed by atoms with Gasteiger partial charge >= 0.3 is 18.0 Å². The summed E-state index contributed by atoms with van der Waals surface area (Å²) < 4.78 is 93.8. The number of benzene rings is 1. The number of hydrogen-bond acceptors (Lipinski definition) is 1. The molecule has 0 atom stereocenters. The predicted octanol–water partition coefficient (Wildman–Crippen LogP) is 4.37. The van der Waals surface area contributed by atoms with Crippen LogP contribution in [0.4, 0.5) is 30.7 Å². The zero-order valence-electron chi connectivity index (χ0n) is 9.57. The van der Waals surface area contributed by atoms with E-state index in [4.69, 9.17) is 0 Å². The molecule has 0 spiro atoms. The largest absolute Gasteiger partial charge is 0.493 e. The zero-order chi connectivity index (χ0) is 14.9. The summed E-state index contributed by atoms with van der Waals surface area (Å²) in [5.41, 5.74) is -7.07. The monoisotopic (exact) mass is 290 g/mol. The molecule has 1 aromatic rings. The van der Waals surface area contributed by atoms with Gasteiger partial charge in [0.1, 0.15) is 5.75 Å². The summed E-state index contributed by atoms with van der Waals surface area (Å²) in [5.74, 6) is -0.790. The molecule has 0 fully saturated rings. The summed E-state index contributed by atoms with van der Waals surface area (Å²) in [4.78, 5) is 0. The standard InChI is InChI=1S/C11H9F7O/c1-2-19-8-6-4-3-5-7(8)9(12,10(13,14)15)11(16,17)18/h3-6H,2H2,1H3. The van der Waals surface area contributed by atoms with Crippen LogP contribution < -0.4 is 4.74 Å². The van der Waals surface area contributed by atoms with E-state index in [0.717, 1.165) is 18.2 Å². The topological polar surface area (TPSA) is 9.23 Å². The van der Waals surface area contributed by atoms with Crippen LogP contribution in [0, 0.1) is 0 Å². The van der Waals surface area contributed by atoms with Gasteiger partial charge in [0, 0.05) is 5.56 Å². The lowest BCUT2D eigenvalue weighted by atomic mass is 9.93. The zero-order valence-corrected chi connectivity index (χ0v) is 9.57. The van der Waals surface area contributed by atoms with Crippen molar-refractivity contribution in [3.63, 3.8) is 0 Å². The quantitative estimate of drug-likeness (QED) is 0.751. The number of halogens is 7. The molecule has 0 saturated carbocycles. The molecule has 0 aromatic heterocycles. The maximum atomic E-state index is 13.8. The third-order valence-corrected chi connectivity index (χ3v) is 2.34. The highest BCUT2D eigenvalue weighted by Gasteiger charge is 2.74. The third kappa shape index (κ3) is 2.62. The van der Waals surface area contributed by atoms with Gasteiger partial charge in [0.15, 0.2) is 0 Å². The Morgan fingerprint density at radius 2 is 1.37 bits per heavy atom. The lowest BCUT2D eigenvalue weighted by Gasteiger charge is -2.31. The van der Waals surface area contributed by atoms with Crippen molar-refractivity contribution in [3.05, 3.63) is 29.8 Å². The van der Waals surface area contributed by atoms with Gasteiger partial charge in [-0.3, -0.25) is 0 Å². The molecule has 1 aromatic carbocycles. The van der Waals surface area contributed by atoms with Crippen molar-refractivity contribution in [1.82, 2.24) is 0 Å². The molecule has 0 aliphatic heterocycles. The molecule has 0 aliphatic carbocycles. The number of hydrogen-bond donors (Lipinski definition) is 0. The van der Waals surface area contributed by atoms with Crippen molar-refractivity contribution in [2.75, 3.05) is 6.61 Å². The maximum Gasteiger partial charge on any atom is 0.436 e. The summed E-state index contributed by atoms with van der Waals surface area (Å²) in [6, 6.07) is 3.29. The molecule has 0 bridgehead atoms. The van der Waals surface area contributed by atoms with E-state index in [1.54, 1.807) is 0 Å². The Kier molecular flexibility index (Phi) is 4.02. The predicted molar refractivity (Wildman–Crippen MR) is 52.5 cm³/mol. The molecule has 1 rings (SSSR count). The van der Waals surface area contributed by atoms with Gasteiger partial charge in [0.05, 0.1) is 6.61 Å². The summed E-state index contributed by atoms with van der Waals surface area (Å²) >= 11 is 0. The Bertz CT molecular complexity index is 421. The fourth-order valence-electron chi connectivity index (χ4n) is 1.50. The van der Waals surface area contributed by atoms with Crippen molar-refractivity contribution < 1.29 is 35.5 Å². The number of para-hydroxylation sites is 1. The van der Waals surface area contributed by atoms with Crippen LogP contribution in [0.25, 0.3) is 0 Å². The molecule has 0 radical (unpaired) electrons. The van der Waals surface area contributed by atoms with Crippen molar-refractivity contribution >= 4 is 0 Å². The Morgan fingerprint density at radius 1 is 0.895 bits per heavy atom. The van der Waals surface area contributed by atoms with Crippen LogP contribution in [0.1, 0.15) is 12.5 Å². The molecular formula is C11H9F7O. The van der Waals surface area contributed by atoms with E-state index in [2.05, 4.69) is 4.74 Å². The number of rotatable bonds is 3. The molecule has 108 valence electrons. The summed E-state index contributed by atoms with van der Waals surface area (Å²) in [6.45, 7) is 1.17. The van der Waals surface area contributed by atoms with Gasteiger partial charge in [-0.2, -0.15) is 26.3 Å². The fraction of sp³-hybridized carbons (Fsp3) is 0.455. The van der Waals surface area contributed by atoms with Gasteiger partial charge in [-0.15, -0.1) is 0 Å². The number of ether oxygens (including phenoxy) is 1. The van der Waals surface area contributed by atoms with E-state index >= 15 is 0 Å². The second-order valence-electron chi connectivity index (χ2n) is 3.58. The van der Waals surface area contributed by atoms with Crippen LogP contribution in [0.15, 0.2) is 24.3 Å². The Balaban J connectivity index is 3.52. The second-order valence-corrected chi connectivity index (χ2v) is 3.58. The van der Waals surface area contributed by atoms with Gasteiger partial charge in [-0.05, 0) is 13.0 Å². The molecule has 0 N–H and O–H groups in total. The average molecular weight is 290 g/mol. The minimum atomic E-state index is -6.14. The van der Waals surface area contributed by atoms with Crippen molar-refractivity contribution in [2.24, 2.45) is 0 Å². The molecule has 0 aliphatic rings. The third-order valence-electron chi connectivity index (χ3n) is 2.34. The fourth-order valence-corrected chi connectivity index (χ4v) is 1.50. The highest BCUT2D eigenvalue weighted by molar-refractivity contribution is 5.40. The Morgan fingerprint density at radius 3 is 1.79 bits per heavy atom. The first-order valence-corrected chi connectivity index (χ1v) is 5.10. The lowest BCUT2D eigenvalue weighted by molar-refractivity contribution is -0.349. The van der Waals surface area contributed by atoms with Gasteiger partial charge in [0.2, 0.25) is 0 Å². The second kappa shape index (κ2) is 4.90. The van der Waals surface area contributed by atoms with Crippen molar-refractivity contribution in [1.29, 1.82) is 0 Å². The van der Waals surface area contributed by atoms with Crippen molar-refractivity contribution in [2.45, 2.75) is 24.9 Å². The first-order valence-electron chi connectivity index (χ1n) is 5.10. The summed E-state index contributed by atoms with van der Waals surface area (Å²) in [6.07, 6.45) is -12.3. The molecule has 0 heterocycles. The molecule has 0 amide bonds. The average Bonchev–Trinajstić information content (AvgIpc) is 2.26. The first kappa shape index (κ1) is 15.6. The minimum Gasteiger partial charge on any atom is -0.493 e. The normalized spacial score (nSPS) is 13.5. The molecule has 8 heteroatoms. The summed E-state index contributed by atoms with van der Waals surface area (Å²) in [7, 11) is 0. The van der Waals surface area contributed by atoms with Crippen LogP contribution in [-0.4, -0.2) is 19.0 Å². The van der Waals surface area contributed by atoms with Gasteiger partial charge in [0.25, 0.3) is 0 Å². The van der Waals surface area contributed by atoms with E-state index in [1.165, 1.54) is 6.92 Å². The van der Waals surface area contributed by atoms with E-state index in [-0.39, 0.29) is 6.61 Å². The van der Waals surface area contributed by atoms with E-state index in [0.29, 0.717) is 6.07 Å². The highest BCUT2D eigenvalue weighted by atomic mass is 19.4. The van der Waals surface area contributed by atoms with Crippen LogP contribution in [0.2, 0.25) is 0 Å². The Hall–Kier alpha value is -1.47. The van der Waals surface area contributed by atoms with Gasteiger partial charge in [-0.1, -0.05) is 18.2 Å². The van der Waals surface area contributed by atoms with Gasteiger partial charge < -0.3 is 4.74 Å². The van der Waals surface area contributed by atoms with E-state index < -0.39 is 29.3 Å². The molecule has 1 nitrogen and oxygen atoms in total. The lowest BCUT2D eigenvalue weighted by Crippen LogP contribution is -2.50. The molecule has 0 saturated heterocycles. The molecule has 0 unspecified atom stereocenters. The SMILES string of the molecule is CCOc1ccccc1C(F)(C(F)(F)F)C(F)(F)F. The maximum absolute atomic E-state index is 13.8. The summed E-state index contributed by atoms with van der Waals surface area (Å²) in [5, 5.41) is 0. The Labute approximate surface area is 104 Å². The van der Waals surface area contributed by atoms with Crippen LogP contribution >= 0.6 is 0 Å². The van der Waals surface area contributed by atoms with Crippen LogP contribution in [-0.2, 0) is 5.67 Å². The van der Waals surface area contributed by atoms with E-state index in [1.807, 2.05) is 0 Å². The van der Waals surface area contributed by atoms with Crippen LogP contribution in [0.3, 0.4) is 0 Å². The molecular weight excluding hydrogens is 281 g/mol. The van der Waals surface area contributed by atoms with Crippen LogP contribution in [0.5, 0.6) is 5.75 Å². The minimum absolute atomic E-state index is 0.192. The first-order chi connectivity index (χ1) is 8.55. The van der Waals surface area contributed by atoms with Crippen molar-refractivity contribution in [3.8, 4) is 5.75 Å². The van der Waals surface area contributed by atoms with E-state index in [9.17, 15) is 30.7 Å².